The summed E-state index contributed by atoms with van der Waals surface area (Å²) >= 11 is 0. The van der Waals surface area contributed by atoms with Crippen LogP contribution in [-0.2, 0) is 27.5 Å². The highest BCUT2D eigenvalue weighted by Gasteiger charge is 2.50. The van der Waals surface area contributed by atoms with Gasteiger partial charge in [0, 0.05) is 37.4 Å². The molecule has 0 radical (unpaired) electrons. The maximum atomic E-state index is 13.7. The van der Waals surface area contributed by atoms with Gasteiger partial charge in [-0.15, -0.1) is 0 Å². The molecule has 1 aromatic carbocycles. The van der Waals surface area contributed by atoms with E-state index >= 15 is 0 Å². The molecule has 4 amide bonds. The first-order valence-corrected chi connectivity index (χ1v) is 10.2. The van der Waals surface area contributed by atoms with Gasteiger partial charge in [0.05, 0.1) is 12.6 Å². The maximum absolute atomic E-state index is 13.7. The number of nitrogens with two attached hydrogens (primary N) is 1. The van der Waals surface area contributed by atoms with E-state index in [0.29, 0.717) is 11.1 Å². The summed E-state index contributed by atoms with van der Waals surface area (Å²) < 4.78 is 27.3. The van der Waals surface area contributed by atoms with Crippen molar-refractivity contribution in [1.82, 2.24) is 15.1 Å². The lowest BCUT2D eigenvalue weighted by molar-refractivity contribution is -0.135. The molecule has 0 aromatic heterocycles. The van der Waals surface area contributed by atoms with Crippen LogP contribution in [0.1, 0.15) is 40.7 Å². The molecule has 0 saturated carbocycles. The highest BCUT2D eigenvalue weighted by Crippen LogP contribution is 2.34. The number of fused-ring (bicyclic) bond motifs is 1. The quantitative estimate of drug-likeness (QED) is 0.686. The Labute approximate surface area is 182 Å². The zero-order valence-corrected chi connectivity index (χ0v) is 17.0. The smallest absolute Gasteiger partial charge is 0.268 e. The number of rotatable bonds is 4. The Bertz CT molecular complexity index is 1050. The first kappa shape index (κ1) is 21.7. The predicted molar refractivity (Wildman–Crippen MR) is 105 cm³/mol. The number of primary amides is 1. The monoisotopic (exact) mass is 445 g/mol. The van der Waals surface area contributed by atoms with Crippen LogP contribution in [0.15, 0.2) is 18.2 Å². The lowest BCUT2D eigenvalue weighted by atomic mass is 9.99. The molecule has 3 atom stereocenters. The molecule has 11 heteroatoms. The zero-order chi connectivity index (χ0) is 23.2. The van der Waals surface area contributed by atoms with Crippen LogP contribution in [0.2, 0.25) is 0 Å². The summed E-state index contributed by atoms with van der Waals surface area (Å²) in [5.74, 6) is -6.10. The average molecular weight is 445 g/mol. The van der Waals surface area contributed by atoms with Crippen LogP contribution in [0.25, 0.3) is 0 Å². The van der Waals surface area contributed by atoms with Gasteiger partial charge in [-0.05, 0) is 23.6 Å². The summed E-state index contributed by atoms with van der Waals surface area (Å²) in [5.41, 5.74) is 7.21. The predicted octanol–water partition coefficient (Wildman–Crippen LogP) is 0.282. The first-order valence-electron chi connectivity index (χ1n) is 10.2. The van der Waals surface area contributed by atoms with Crippen LogP contribution in [0, 0.1) is 17.2 Å². The van der Waals surface area contributed by atoms with E-state index in [1.165, 1.54) is 4.90 Å². The number of nitriles is 1. The Morgan fingerprint density at radius 3 is 2.72 bits per heavy atom. The Morgan fingerprint density at radius 1 is 1.28 bits per heavy atom. The fraction of sp³-hybridized carbons (Fsp3) is 0.476. The highest BCUT2D eigenvalue weighted by atomic mass is 19.3. The van der Waals surface area contributed by atoms with Crippen molar-refractivity contribution in [3.8, 4) is 6.07 Å². The van der Waals surface area contributed by atoms with Gasteiger partial charge >= 0.3 is 0 Å². The van der Waals surface area contributed by atoms with Gasteiger partial charge < -0.3 is 20.9 Å². The van der Waals surface area contributed by atoms with Crippen molar-refractivity contribution in [3.05, 3.63) is 34.9 Å². The second-order valence-corrected chi connectivity index (χ2v) is 8.43. The van der Waals surface area contributed by atoms with Crippen molar-refractivity contribution in [2.75, 3.05) is 6.54 Å². The molecule has 3 aliphatic rings. The summed E-state index contributed by atoms with van der Waals surface area (Å²) in [5, 5.41) is 11.6. The van der Waals surface area contributed by atoms with E-state index < -0.39 is 54.6 Å². The van der Waals surface area contributed by atoms with E-state index in [9.17, 15) is 28.0 Å². The topological polar surface area (TPSA) is 137 Å². The molecule has 3 aliphatic heterocycles. The van der Waals surface area contributed by atoms with Crippen molar-refractivity contribution in [3.63, 3.8) is 0 Å². The minimum atomic E-state index is -3.15. The second-order valence-electron chi connectivity index (χ2n) is 8.43. The first-order chi connectivity index (χ1) is 15.1. The van der Waals surface area contributed by atoms with E-state index in [2.05, 4.69) is 5.32 Å². The number of nitrogens with zero attached hydrogens (tertiary/aromatic N) is 3. The number of halogens is 2. The summed E-state index contributed by atoms with van der Waals surface area (Å²) in [4.78, 5) is 51.8. The van der Waals surface area contributed by atoms with Gasteiger partial charge in [0.25, 0.3) is 5.92 Å². The second kappa shape index (κ2) is 7.85. The molecule has 2 fully saturated rings. The van der Waals surface area contributed by atoms with E-state index in [1.54, 1.807) is 24.3 Å². The lowest BCUT2D eigenvalue weighted by Gasteiger charge is -2.22. The number of hydrogen-bond acceptors (Lipinski definition) is 5. The van der Waals surface area contributed by atoms with Gasteiger partial charge in [0.15, 0.2) is 0 Å². The summed E-state index contributed by atoms with van der Waals surface area (Å²) in [6.45, 7) is -0.399. The van der Waals surface area contributed by atoms with Crippen molar-refractivity contribution in [2.45, 2.75) is 50.4 Å². The molecule has 0 bridgehead atoms. The Hall–Kier alpha value is -3.55. The Balaban J connectivity index is 1.39. The molecule has 32 heavy (non-hydrogen) atoms. The number of alkyl halides is 2. The fourth-order valence-corrected chi connectivity index (χ4v) is 4.61. The highest BCUT2D eigenvalue weighted by molar-refractivity contribution is 5.96. The third-order valence-electron chi connectivity index (χ3n) is 6.23. The van der Waals surface area contributed by atoms with Gasteiger partial charge in [0.1, 0.15) is 12.1 Å². The fourth-order valence-electron chi connectivity index (χ4n) is 4.61. The van der Waals surface area contributed by atoms with Crippen LogP contribution in [-0.4, -0.2) is 58.0 Å². The molecule has 3 heterocycles. The molecular formula is C21H21F2N5O4. The van der Waals surface area contributed by atoms with Gasteiger partial charge in [0.2, 0.25) is 23.6 Å². The van der Waals surface area contributed by atoms with Crippen LogP contribution in [0.5, 0.6) is 0 Å². The van der Waals surface area contributed by atoms with Crippen LogP contribution < -0.4 is 11.1 Å². The summed E-state index contributed by atoms with van der Waals surface area (Å²) in [6, 6.07) is 4.47. The number of carbonyl (C=O) groups excluding carboxylic acids is 4. The van der Waals surface area contributed by atoms with E-state index in [4.69, 9.17) is 11.0 Å². The van der Waals surface area contributed by atoms with E-state index in [0.717, 1.165) is 10.5 Å². The molecule has 168 valence electrons. The van der Waals surface area contributed by atoms with E-state index in [-0.39, 0.29) is 31.8 Å². The molecule has 9 nitrogen and oxygen atoms in total. The molecule has 0 unspecified atom stereocenters. The number of carbonyl (C=O) groups is 4. The van der Waals surface area contributed by atoms with Crippen LogP contribution in [0.4, 0.5) is 8.78 Å². The minimum absolute atomic E-state index is 0.0169. The zero-order valence-electron chi connectivity index (χ0n) is 17.0. The maximum Gasteiger partial charge on any atom is 0.268 e. The van der Waals surface area contributed by atoms with Crippen LogP contribution >= 0.6 is 0 Å². The molecule has 4 rings (SSSR count). The van der Waals surface area contributed by atoms with Crippen molar-refractivity contribution < 1.29 is 28.0 Å². The number of hydrogen-bond donors (Lipinski definition) is 2. The number of nitrogens with one attached hydrogen (secondary N) is 1. The van der Waals surface area contributed by atoms with Gasteiger partial charge in [-0.2, -0.15) is 5.26 Å². The third kappa shape index (κ3) is 3.88. The summed E-state index contributed by atoms with van der Waals surface area (Å²) in [6.07, 6.45) is -0.912. The normalized spacial score (nSPS) is 25.9. The minimum Gasteiger partial charge on any atom is -0.366 e. The van der Waals surface area contributed by atoms with Gasteiger partial charge in [-0.25, -0.2) is 8.78 Å². The SMILES string of the molecule is N#C[C@@H]1CC(F)(F)CN1C(=O)[C@@H]1C[C@@H](CC(=O)N2Cc3cccc(C(N)=O)c3C2)C(=O)N1. The largest absolute Gasteiger partial charge is 0.366 e. The van der Waals surface area contributed by atoms with Gasteiger partial charge in [-0.1, -0.05) is 12.1 Å². The summed E-state index contributed by atoms with van der Waals surface area (Å²) in [7, 11) is 0. The molecule has 1 aromatic rings. The van der Waals surface area contributed by atoms with Crippen molar-refractivity contribution in [2.24, 2.45) is 11.7 Å². The van der Waals surface area contributed by atoms with Crippen molar-refractivity contribution >= 4 is 23.6 Å². The number of likely N-dealkylation sites (tertiary alicyclic amines) is 1. The molecule has 3 N–H and O–H groups in total. The average Bonchev–Trinajstić information content (AvgIpc) is 3.41. The van der Waals surface area contributed by atoms with Crippen molar-refractivity contribution in [1.29, 1.82) is 5.26 Å². The Morgan fingerprint density at radius 2 is 2.03 bits per heavy atom. The third-order valence-corrected chi connectivity index (χ3v) is 6.23. The standard InChI is InChI=1S/C21H21F2N5O4/c22-21(23)6-13(7-24)28(10-21)20(32)16-4-12(19(31)26-16)5-17(29)27-8-11-2-1-3-14(18(25)30)15(11)9-27/h1-3,12-13,16H,4-6,8-10H2,(H2,25,30)(H,26,31)/t12-,13-,16-/m0/s1. The van der Waals surface area contributed by atoms with E-state index in [1.807, 2.05) is 0 Å². The molecule has 0 aliphatic carbocycles. The molecule has 2 saturated heterocycles. The number of benzene rings is 1. The molecule has 0 spiro atoms. The van der Waals surface area contributed by atoms with Gasteiger partial charge in [-0.3, -0.25) is 19.2 Å². The number of amides is 4. The molecular weight excluding hydrogens is 424 g/mol. The Kier molecular flexibility index (Phi) is 5.32. The lowest BCUT2D eigenvalue weighted by Crippen LogP contribution is -2.46. The van der Waals surface area contributed by atoms with Crippen LogP contribution in [0.3, 0.4) is 0 Å².